The molecule has 0 aliphatic carbocycles. The number of carbonyl (C=O) groups is 1. The largest absolute Gasteiger partial charge is 0.325 e. The minimum Gasteiger partial charge on any atom is -0.325 e. The second kappa shape index (κ2) is 3.74. The second-order valence-electron chi connectivity index (χ2n) is 2.01. The van der Waals surface area contributed by atoms with Crippen LogP contribution >= 0.6 is 23.2 Å². The highest BCUT2D eigenvalue weighted by Gasteiger charge is 2.07. The van der Waals surface area contributed by atoms with Gasteiger partial charge in [-0.2, -0.15) is 0 Å². The van der Waals surface area contributed by atoms with Crippen LogP contribution < -0.4 is 5.32 Å². The summed E-state index contributed by atoms with van der Waals surface area (Å²) in [5, 5.41) is 2.39. The summed E-state index contributed by atoms with van der Waals surface area (Å²) in [5.74, 6) is -0.653. The first-order valence-electron chi connectivity index (χ1n) is 3.00. The maximum Gasteiger partial charge on any atom is 0.211 e. The Morgan fingerprint density at radius 1 is 1.42 bits per heavy atom. The molecule has 1 N–H and O–H groups in total. The molecule has 0 saturated heterocycles. The zero-order chi connectivity index (χ0) is 9.14. The minimum absolute atomic E-state index is 0.0592. The quantitative estimate of drug-likeness (QED) is 0.743. The van der Waals surface area contributed by atoms with Gasteiger partial charge in [0.1, 0.15) is 5.82 Å². The van der Waals surface area contributed by atoms with Crippen LogP contribution in [0.4, 0.5) is 10.1 Å². The number of hydrogen-bond donors (Lipinski definition) is 1. The van der Waals surface area contributed by atoms with Crippen LogP contribution in [0.15, 0.2) is 12.1 Å². The highest BCUT2D eigenvalue weighted by molar-refractivity contribution is 6.36. The number of rotatable bonds is 2. The molecule has 0 unspecified atom stereocenters. The van der Waals surface area contributed by atoms with Gasteiger partial charge in [-0.1, -0.05) is 23.2 Å². The molecule has 0 fully saturated rings. The lowest BCUT2D eigenvalue weighted by Gasteiger charge is -2.03. The van der Waals surface area contributed by atoms with Gasteiger partial charge in [0, 0.05) is 5.02 Å². The molecule has 2 nitrogen and oxygen atoms in total. The Hall–Kier alpha value is -0.800. The average molecular weight is 208 g/mol. The first kappa shape index (κ1) is 9.29. The van der Waals surface area contributed by atoms with Crippen LogP contribution in [-0.4, -0.2) is 6.41 Å². The zero-order valence-electron chi connectivity index (χ0n) is 5.77. The molecule has 1 amide bonds. The van der Waals surface area contributed by atoms with Crippen molar-refractivity contribution >= 4 is 35.3 Å². The van der Waals surface area contributed by atoms with E-state index in [0.29, 0.717) is 6.41 Å². The van der Waals surface area contributed by atoms with Crippen molar-refractivity contribution in [1.82, 2.24) is 0 Å². The van der Waals surface area contributed by atoms with Crippen LogP contribution in [0.5, 0.6) is 0 Å². The van der Waals surface area contributed by atoms with E-state index in [-0.39, 0.29) is 15.7 Å². The van der Waals surface area contributed by atoms with E-state index in [0.717, 1.165) is 6.07 Å². The molecule has 0 aliphatic heterocycles. The third kappa shape index (κ3) is 1.87. The minimum atomic E-state index is -0.653. The number of hydrogen-bond acceptors (Lipinski definition) is 1. The van der Waals surface area contributed by atoms with Gasteiger partial charge >= 0.3 is 0 Å². The van der Waals surface area contributed by atoms with Crippen LogP contribution in [0.2, 0.25) is 10.0 Å². The lowest BCUT2D eigenvalue weighted by molar-refractivity contribution is -0.105. The molecule has 1 aromatic rings. The summed E-state index contributed by atoms with van der Waals surface area (Å²) in [6, 6.07) is 2.41. The second-order valence-corrected chi connectivity index (χ2v) is 2.85. The summed E-state index contributed by atoms with van der Waals surface area (Å²) >= 11 is 11.0. The van der Waals surface area contributed by atoms with Crippen molar-refractivity contribution < 1.29 is 9.18 Å². The monoisotopic (exact) mass is 207 g/mol. The van der Waals surface area contributed by atoms with Crippen molar-refractivity contribution in [3.63, 3.8) is 0 Å². The molecular weight excluding hydrogens is 204 g/mol. The predicted molar refractivity (Wildman–Crippen MR) is 46.1 cm³/mol. The Balaban J connectivity index is 3.18. The molecule has 0 bridgehead atoms. The third-order valence-corrected chi connectivity index (χ3v) is 1.73. The Labute approximate surface area is 78.3 Å². The van der Waals surface area contributed by atoms with E-state index < -0.39 is 5.82 Å². The Morgan fingerprint density at radius 2 is 2.08 bits per heavy atom. The van der Waals surface area contributed by atoms with Gasteiger partial charge in [-0.05, 0) is 12.1 Å². The topological polar surface area (TPSA) is 29.1 Å². The fraction of sp³-hybridized carbons (Fsp3) is 0. The maximum absolute atomic E-state index is 12.9. The molecule has 0 spiro atoms. The zero-order valence-corrected chi connectivity index (χ0v) is 7.29. The number of halogens is 3. The fourth-order valence-electron chi connectivity index (χ4n) is 0.739. The van der Waals surface area contributed by atoms with E-state index in [2.05, 4.69) is 5.32 Å². The summed E-state index contributed by atoms with van der Waals surface area (Å²) in [7, 11) is 0. The molecule has 0 atom stereocenters. The number of benzene rings is 1. The van der Waals surface area contributed by atoms with E-state index in [1.807, 2.05) is 0 Å². The highest BCUT2D eigenvalue weighted by Crippen LogP contribution is 2.28. The molecule has 12 heavy (non-hydrogen) atoms. The Bertz CT molecular complexity index is 293. The average Bonchev–Trinajstić information content (AvgIpc) is 1.96. The molecule has 64 valence electrons. The van der Waals surface area contributed by atoms with E-state index in [4.69, 9.17) is 23.2 Å². The lowest BCUT2D eigenvalue weighted by atomic mass is 10.3. The SMILES string of the molecule is O=CNc1c(F)cc(Cl)cc1Cl. The van der Waals surface area contributed by atoms with E-state index in [9.17, 15) is 9.18 Å². The number of amides is 1. The van der Waals surface area contributed by atoms with Crippen molar-refractivity contribution in [1.29, 1.82) is 0 Å². The van der Waals surface area contributed by atoms with E-state index in [1.54, 1.807) is 0 Å². The van der Waals surface area contributed by atoms with Crippen LogP contribution in [0.1, 0.15) is 0 Å². The summed E-state index contributed by atoms with van der Waals surface area (Å²) < 4.78 is 12.9. The predicted octanol–water partition coefficient (Wildman–Crippen LogP) is 2.70. The Morgan fingerprint density at radius 3 is 2.58 bits per heavy atom. The van der Waals surface area contributed by atoms with Gasteiger partial charge in [0.25, 0.3) is 0 Å². The molecule has 0 saturated carbocycles. The van der Waals surface area contributed by atoms with Gasteiger partial charge in [-0.25, -0.2) is 4.39 Å². The fourth-order valence-corrected chi connectivity index (χ4v) is 1.26. The number of nitrogens with one attached hydrogen (secondary N) is 1. The Kier molecular flexibility index (Phi) is 2.89. The van der Waals surface area contributed by atoms with Crippen molar-refractivity contribution in [2.24, 2.45) is 0 Å². The van der Waals surface area contributed by atoms with Crippen molar-refractivity contribution in [2.75, 3.05) is 5.32 Å². The molecule has 0 aromatic heterocycles. The summed E-state index contributed by atoms with van der Waals surface area (Å²) in [4.78, 5) is 9.99. The van der Waals surface area contributed by atoms with E-state index in [1.165, 1.54) is 6.07 Å². The summed E-state index contributed by atoms with van der Waals surface area (Å²) in [5.41, 5.74) is -0.0592. The third-order valence-electron chi connectivity index (χ3n) is 1.21. The van der Waals surface area contributed by atoms with E-state index >= 15 is 0 Å². The van der Waals surface area contributed by atoms with Crippen molar-refractivity contribution in [3.8, 4) is 0 Å². The molecule has 0 radical (unpaired) electrons. The standard InChI is InChI=1S/C7H4Cl2FNO/c8-4-1-5(9)7(11-3-12)6(10)2-4/h1-3H,(H,11,12). The molecule has 0 aliphatic rings. The molecular formula is C7H4Cl2FNO. The molecule has 0 heterocycles. The lowest BCUT2D eigenvalue weighted by Crippen LogP contribution is -1.97. The van der Waals surface area contributed by atoms with Gasteiger partial charge in [-0.3, -0.25) is 4.79 Å². The normalized spacial score (nSPS) is 9.58. The molecule has 1 aromatic carbocycles. The summed E-state index contributed by atoms with van der Waals surface area (Å²) in [6.07, 6.45) is 0.345. The van der Waals surface area contributed by atoms with Crippen LogP contribution in [0, 0.1) is 5.82 Å². The van der Waals surface area contributed by atoms with Crippen LogP contribution in [0.3, 0.4) is 0 Å². The van der Waals surface area contributed by atoms with Gasteiger partial charge < -0.3 is 5.32 Å². The van der Waals surface area contributed by atoms with Crippen LogP contribution in [0.25, 0.3) is 0 Å². The van der Waals surface area contributed by atoms with Crippen molar-refractivity contribution in [2.45, 2.75) is 0 Å². The van der Waals surface area contributed by atoms with Gasteiger partial charge in [0.15, 0.2) is 0 Å². The first-order valence-corrected chi connectivity index (χ1v) is 3.75. The van der Waals surface area contributed by atoms with Gasteiger partial charge in [0.2, 0.25) is 6.41 Å². The molecule has 5 heteroatoms. The molecule has 1 rings (SSSR count). The van der Waals surface area contributed by atoms with Gasteiger partial charge in [0.05, 0.1) is 10.7 Å². The number of carbonyl (C=O) groups excluding carboxylic acids is 1. The first-order chi connectivity index (χ1) is 5.65. The van der Waals surface area contributed by atoms with Crippen LogP contribution in [-0.2, 0) is 4.79 Å². The summed E-state index contributed by atoms with van der Waals surface area (Å²) in [6.45, 7) is 0. The maximum atomic E-state index is 12.9. The highest BCUT2D eigenvalue weighted by atomic mass is 35.5. The smallest absolute Gasteiger partial charge is 0.211 e. The number of anilines is 1. The van der Waals surface area contributed by atoms with Crippen molar-refractivity contribution in [3.05, 3.63) is 28.0 Å². The van der Waals surface area contributed by atoms with Gasteiger partial charge in [-0.15, -0.1) is 0 Å².